The van der Waals surface area contributed by atoms with Crippen LogP contribution >= 0.6 is 0 Å². The lowest BCUT2D eigenvalue weighted by Gasteiger charge is -2.47. The number of benzene rings is 2. The summed E-state index contributed by atoms with van der Waals surface area (Å²) in [7, 11) is 0. The lowest BCUT2D eigenvalue weighted by Crippen LogP contribution is -2.40. The van der Waals surface area contributed by atoms with E-state index in [4.69, 9.17) is 0 Å². The third-order valence-corrected chi connectivity index (χ3v) is 5.98. The van der Waals surface area contributed by atoms with Gasteiger partial charge in [0, 0.05) is 11.3 Å². The third-order valence-electron chi connectivity index (χ3n) is 5.98. The molecule has 0 radical (unpaired) electrons. The second kappa shape index (κ2) is 7.87. The fraction of sp³-hybridized carbons (Fsp3) is 0.308. The number of nitriles is 2. The summed E-state index contributed by atoms with van der Waals surface area (Å²) in [4.78, 5) is 0. The Balaban J connectivity index is 2.25. The second-order valence-corrected chi connectivity index (χ2v) is 8.12. The predicted octanol–water partition coefficient (Wildman–Crippen LogP) is 6.26. The maximum Gasteiger partial charge on any atom is 0.0991 e. The number of hydrogen-bond acceptors (Lipinski definition) is 2. The van der Waals surface area contributed by atoms with Gasteiger partial charge in [-0.2, -0.15) is 10.5 Å². The zero-order valence-electron chi connectivity index (χ0n) is 17.0. The van der Waals surface area contributed by atoms with E-state index in [0.717, 1.165) is 0 Å². The maximum absolute atomic E-state index is 9.21. The molecule has 0 amide bonds. The first-order valence-corrected chi connectivity index (χ1v) is 9.84. The molecule has 0 N–H and O–H groups in total. The van der Waals surface area contributed by atoms with E-state index in [9.17, 15) is 10.5 Å². The van der Waals surface area contributed by atoms with Crippen LogP contribution in [0.3, 0.4) is 0 Å². The van der Waals surface area contributed by atoms with Crippen LogP contribution in [0.1, 0.15) is 55.9 Å². The molecule has 3 rings (SSSR count). The predicted molar refractivity (Wildman–Crippen MR) is 114 cm³/mol. The summed E-state index contributed by atoms with van der Waals surface area (Å²) >= 11 is 0. The minimum absolute atomic E-state index is 0.179. The molecule has 0 spiro atoms. The van der Waals surface area contributed by atoms with Crippen LogP contribution in [-0.2, 0) is 5.41 Å². The van der Waals surface area contributed by atoms with Crippen molar-refractivity contribution in [3.8, 4) is 12.1 Å². The molecule has 2 atom stereocenters. The van der Waals surface area contributed by atoms with Crippen molar-refractivity contribution in [2.45, 2.75) is 39.0 Å². The maximum atomic E-state index is 9.21. The summed E-state index contributed by atoms with van der Waals surface area (Å²) in [5.41, 5.74) is 4.98. The number of rotatable bonds is 4. The number of nitrogens with zero attached hydrogens (tertiary/aromatic N) is 2. The Hall–Kier alpha value is -3.10. The van der Waals surface area contributed by atoms with E-state index in [2.05, 4.69) is 82.3 Å². The van der Waals surface area contributed by atoms with Gasteiger partial charge in [0.15, 0.2) is 0 Å². The molecule has 2 unspecified atom stereocenters. The van der Waals surface area contributed by atoms with Gasteiger partial charge in [-0.3, -0.25) is 0 Å². The second-order valence-electron chi connectivity index (χ2n) is 8.12. The van der Waals surface area contributed by atoms with Gasteiger partial charge in [-0.15, -0.1) is 0 Å². The van der Waals surface area contributed by atoms with Crippen molar-refractivity contribution in [2.24, 2.45) is 11.8 Å². The molecule has 2 aromatic rings. The molecule has 28 heavy (non-hydrogen) atoms. The topological polar surface area (TPSA) is 47.6 Å². The summed E-state index contributed by atoms with van der Waals surface area (Å²) in [5, 5.41) is 18.4. The summed E-state index contributed by atoms with van der Waals surface area (Å²) < 4.78 is 0. The van der Waals surface area contributed by atoms with Gasteiger partial charge in [-0.25, -0.2) is 0 Å². The van der Waals surface area contributed by atoms with E-state index < -0.39 is 0 Å². The van der Waals surface area contributed by atoms with Gasteiger partial charge in [0.25, 0.3) is 0 Å². The molecule has 2 aromatic carbocycles. The monoisotopic (exact) mass is 366 g/mol. The van der Waals surface area contributed by atoms with Crippen LogP contribution < -0.4 is 0 Å². The first-order valence-electron chi connectivity index (χ1n) is 9.84. The fourth-order valence-corrected chi connectivity index (χ4v) is 4.49. The highest BCUT2D eigenvalue weighted by Crippen LogP contribution is 2.53. The lowest BCUT2D eigenvalue weighted by atomic mass is 9.56. The van der Waals surface area contributed by atoms with Crippen molar-refractivity contribution >= 4 is 0 Å². The molecule has 0 aliphatic heterocycles. The summed E-state index contributed by atoms with van der Waals surface area (Å²) in [5.74, 6) is 0.931. The van der Waals surface area contributed by atoms with Crippen LogP contribution in [0.2, 0.25) is 0 Å². The van der Waals surface area contributed by atoms with E-state index in [0.29, 0.717) is 23.0 Å². The molecule has 0 saturated carbocycles. The molecule has 0 aromatic heterocycles. The Morgan fingerprint density at radius 1 is 0.821 bits per heavy atom. The minimum atomic E-state index is -0.212. The van der Waals surface area contributed by atoms with Crippen LogP contribution in [0.5, 0.6) is 0 Å². The molecular weight excluding hydrogens is 340 g/mol. The molecule has 0 fully saturated rings. The summed E-state index contributed by atoms with van der Waals surface area (Å²) in [6, 6.07) is 20.5. The molecule has 0 bridgehead atoms. The minimum Gasteiger partial charge on any atom is -0.192 e. The molecule has 1 aliphatic carbocycles. The van der Waals surface area contributed by atoms with Gasteiger partial charge >= 0.3 is 0 Å². The van der Waals surface area contributed by atoms with Crippen LogP contribution in [0.25, 0.3) is 0 Å². The van der Waals surface area contributed by atoms with Crippen LogP contribution in [-0.4, -0.2) is 0 Å². The van der Waals surface area contributed by atoms with Crippen molar-refractivity contribution in [1.82, 2.24) is 0 Å². The van der Waals surface area contributed by atoms with Gasteiger partial charge in [0.1, 0.15) is 0 Å². The van der Waals surface area contributed by atoms with Crippen molar-refractivity contribution in [1.29, 1.82) is 10.5 Å². The first kappa shape index (κ1) is 19.7. The van der Waals surface area contributed by atoms with Crippen molar-refractivity contribution < 1.29 is 0 Å². The van der Waals surface area contributed by atoms with Gasteiger partial charge in [-0.05, 0) is 47.2 Å². The number of allylic oxidation sites excluding steroid dienone is 4. The SMILES string of the molecule is CC(C)C1=CC=CC(c2ccc(C#N)cc2)(C(C)C)C1c1ccc(C#N)cc1. The fourth-order valence-electron chi connectivity index (χ4n) is 4.49. The molecule has 1 aliphatic rings. The zero-order valence-corrected chi connectivity index (χ0v) is 17.0. The van der Waals surface area contributed by atoms with Gasteiger partial charge in [0.2, 0.25) is 0 Å². The Labute approximate surface area is 168 Å². The first-order chi connectivity index (χ1) is 13.4. The Morgan fingerprint density at radius 2 is 1.36 bits per heavy atom. The Kier molecular flexibility index (Phi) is 5.53. The Morgan fingerprint density at radius 3 is 1.82 bits per heavy atom. The normalized spacial score (nSPS) is 21.3. The van der Waals surface area contributed by atoms with E-state index in [1.807, 2.05) is 24.3 Å². The van der Waals surface area contributed by atoms with E-state index in [1.54, 1.807) is 0 Å². The zero-order chi connectivity index (χ0) is 20.3. The summed E-state index contributed by atoms with van der Waals surface area (Å²) in [6.45, 7) is 9.02. The highest BCUT2D eigenvalue weighted by molar-refractivity contribution is 5.51. The smallest absolute Gasteiger partial charge is 0.0991 e. The van der Waals surface area contributed by atoms with E-state index in [1.165, 1.54) is 16.7 Å². The van der Waals surface area contributed by atoms with Crippen molar-refractivity contribution in [3.05, 3.63) is 94.6 Å². The molecule has 0 saturated heterocycles. The van der Waals surface area contributed by atoms with Crippen molar-refractivity contribution in [3.63, 3.8) is 0 Å². The van der Waals surface area contributed by atoms with Crippen molar-refractivity contribution in [2.75, 3.05) is 0 Å². The average molecular weight is 367 g/mol. The average Bonchev–Trinajstić information content (AvgIpc) is 2.73. The highest BCUT2D eigenvalue weighted by atomic mass is 14.5. The van der Waals surface area contributed by atoms with Gasteiger partial charge < -0.3 is 0 Å². The molecule has 0 heterocycles. The molecule has 2 heteroatoms. The third kappa shape index (κ3) is 3.28. The van der Waals surface area contributed by atoms with Gasteiger partial charge in [0.05, 0.1) is 23.3 Å². The summed E-state index contributed by atoms with van der Waals surface area (Å²) in [6.07, 6.45) is 6.76. The van der Waals surface area contributed by atoms with E-state index in [-0.39, 0.29) is 11.3 Å². The Bertz CT molecular complexity index is 977. The standard InChI is InChI=1S/C26H26N2/c1-18(2)24-6-5-15-26(19(3)4,23-13-9-21(17-28)10-14-23)25(24)22-11-7-20(16-27)8-12-22/h5-15,18-19,25H,1-4H3. The van der Waals surface area contributed by atoms with E-state index >= 15 is 0 Å². The molecule has 140 valence electrons. The van der Waals surface area contributed by atoms with Gasteiger partial charge in [-0.1, -0.05) is 75.8 Å². The van der Waals surface area contributed by atoms with Crippen LogP contribution in [0, 0.1) is 34.5 Å². The van der Waals surface area contributed by atoms with Crippen LogP contribution in [0.15, 0.2) is 72.3 Å². The quantitative estimate of drug-likeness (QED) is 0.641. The largest absolute Gasteiger partial charge is 0.192 e. The highest BCUT2D eigenvalue weighted by Gasteiger charge is 2.45. The number of hydrogen-bond donors (Lipinski definition) is 0. The lowest BCUT2D eigenvalue weighted by molar-refractivity contribution is 0.325. The van der Waals surface area contributed by atoms with Crippen LogP contribution in [0.4, 0.5) is 0 Å². The molecule has 2 nitrogen and oxygen atoms in total. The molecular formula is C26H26N2.